The first-order valence-electron chi connectivity index (χ1n) is 6.63. The van der Waals surface area contributed by atoms with Crippen LogP contribution in [0.25, 0.3) is 0 Å². The van der Waals surface area contributed by atoms with Gasteiger partial charge in [0.2, 0.25) is 11.8 Å². The van der Waals surface area contributed by atoms with Crippen molar-refractivity contribution in [2.75, 3.05) is 12.3 Å². The summed E-state index contributed by atoms with van der Waals surface area (Å²) in [7, 11) is 0. The van der Waals surface area contributed by atoms with Gasteiger partial charge in [-0.3, -0.25) is 9.59 Å². The Kier molecular flexibility index (Phi) is 5.80. The topological polar surface area (TPSA) is 106 Å². The average molecular weight is 306 g/mol. The molecule has 0 saturated carbocycles. The van der Waals surface area contributed by atoms with E-state index in [1.165, 1.54) is 0 Å². The van der Waals surface area contributed by atoms with Gasteiger partial charge in [0.1, 0.15) is 5.92 Å². The molecular formula is C14H18N4O2S. The number of hydrogen-bond donors (Lipinski definition) is 2. The zero-order chi connectivity index (χ0) is 16.0. The van der Waals surface area contributed by atoms with Crippen molar-refractivity contribution in [3.63, 3.8) is 0 Å². The minimum Gasteiger partial charge on any atom is -0.355 e. The largest absolute Gasteiger partial charge is 0.355 e. The van der Waals surface area contributed by atoms with Crippen LogP contribution in [0, 0.1) is 34.0 Å². The van der Waals surface area contributed by atoms with Crippen molar-refractivity contribution in [1.29, 1.82) is 10.5 Å². The van der Waals surface area contributed by atoms with Gasteiger partial charge in [-0.1, -0.05) is 32.5 Å². The fourth-order valence-electron chi connectivity index (χ4n) is 1.99. The third-order valence-electron chi connectivity index (χ3n) is 3.25. The molecule has 1 heterocycles. The lowest BCUT2D eigenvalue weighted by atomic mass is 9.72. The number of nitriles is 2. The van der Waals surface area contributed by atoms with Crippen molar-refractivity contribution in [3.8, 4) is 12.1 Å². The van der Waals surface area contributed by atoms with E-state index in [0.29, 0.717) is 17.1 Å². The number of nitrogens with zero attached hydrogens (tertiary/aromatic N) is 2. The van der Waals surface area contributed by atoms with Crippen LogP contribution < -0.4 is 10.6 Å². The van der Waals surface area contributed by atoms with Gasteiger partial charge in [-0.05, 0) is 6.42 Å². The molecule has 0 aliphatic carbocycles. The molecule has 112 valence electrons. The van der Waals surface area contributed by atoms with E-state index in [0.717, 1.165) is 18.2 Å². The normalized spacial score (nSPS) is 20.2. The molecule has 0 saturated heterocycles. The molecule has 7 heteroatoms. The number of amides is 2. The number of hydrogen-bond acceptors (Lipinski definition) is 5. The summed E-state index contributed by atoms with van der Waals surface area (Å²) in [5.41, 5.74) is -0.532. The van der Waals surface area contributed by atoms with Crippen LogP contribution in [0.1, 0.15) is 27.2 Å². The van der Waals surface area contributed by atoms with E-state index in [1.807, 2.05) is 13.0 Å². The molecule has 0 aromatic carbocycles. The standard InChI is InChI=1S/C14H18N4O2S/c1-4-5-17-11(19)8-21-13-10(7-16)14(2,3)9(6-15)12(20)18-13/h9H,4-5,8H2,1-3H3,(H,17,19)(H,18,20)/t9-/m0/s1. The second kappa shape index (κ2) is 7.14. The highest BCUT2D eigenvalue weighted by atomic mass is 32.2. The van der Waals surface area contributed by atoms with E-state index in [2.05, 4.69) is 16.7 Å². The molecule has 0 spiro atoms. The predicted octanol–water partition coefficient (Wildman–Crippen LogP) is 1.28. The molecule has 1 aliphatic heterocycles. The molecule has 0 bridgehead atoms. The molecular weight excluding hydrogens is 288 g/mol. The fraction of sp³-hybridized carbons (Fsp3) is 0.571. The Balaban J connectivity index is 2.92. The summed E-state index contributed by atoms with van der Waals surface area (Å²) in [6, 6.07) is 3.99. The van der Waals surface area contributed by atoms with Crippen molar-refractivity contribution in [2.45, 2.75) is 27.2 Å². The summed E-state index contributed by atoms with van der Waals surface area (Å²) in [5.74, 6) is -1.38. The molecule has 0 aromatic heterocycles. The third kappa shape index (κ3) is 3.77. The van der Waals surface area contributed by atoms with E-state index in [9.17, 15) is 14.9 Å². The molecule has 21 heavy (non-hydrogen) atoms. The highest BCUT2D eigenvalue weighted by Crippen LogP contribution is 2.41. The smallest absolute Gasteiger partial charge is 0.243 e. The zero-order valence-corrected chi connectivity index (χ0v) is 13.1. The molecule has 1 rings (SSSR count). The van der Waals surface area contributed by atoms with Gasteiger partial charge in [-0.15, -0.1) is 0 Å². The Morgan fingerprint density at radius 2 is 2.14 bits per heavy atom. The first-order valence-corrected chi connectivity index (χ1v) is 7.61. The molecule has 0 aromatic rings. The molecule has 1 aliphatic rings. The number of nitrogens with one attached hydrogen (secondary N) is 2. The second-order valence-corrected chi connectivity index (χ2v) is 6.21. The Hall–Kier alpha value is -1.99. The number of carbonyl (C=O) groups is 2. The first kappa shape index (κ1) is 17.1. The zero-order valence-electron chi connectivity index (χ0n) is 12.3. The summed E-state index contributed by atoms with van der Waals surface area (Å²) in [6.07, 6.45) is 0.843. The van der Waals surface area contributed by atoms with E-state index in [4.69, 9.17) is 5.26 Å². The Bertz CT molecular complexity index is 554. The van der Waals surface area contributed by atoms with Crippen molar-refractivity contribution in [2.24, 2.45) is 11.3 Å². The van der Waals surface area contributed by atoms with Gasteiger partial charge in [0.25, 0.3) is 0 Å². The predicted molar refractivity (Wildman–Crippen MR) is 79.4 cm³/mol. The van der Waals surface area contributed by atoms with Crippen molar-refractivity contribution in [1.82, 2.24) is 10.6 Å². The summed E-state index contributed by atoms with van der Waals surface area (Å²) >= 11 is 1.11. The monoisotopic (exact) mass is 306 g/mol. The Morgan fingerprint density at radius 3 is 2.67 bits per heavy atom. The van der Waals surface area contributed by atoms with Gasteiger partial charge >= 0.3 is 0 Å². The Morgan fingerprint density at radius 1 is 1.48 bits per heavy atom. The number of rotatable bonds is 5. The lowest BCUT2D eigenvalue weighted by Gasteiger charge is -2.34. The summed E-state index contributed by atoms with van der Waals surface area (Å²) in [6.45, 7) is 5.93. The van der Waals surface area contributed by atoms with E-state index < -0.39 is 17.2 Å². The van der Waals surface area contributed by atoms with Crippen molar-refractivity contribution >= 4 is 23.6 Å². The summed E-state index contributed by atoms with van der Waals surface area (Å²) < 4.78 is 0. The van der Waals surface area contributed by atoms with Crippen LogP contribution in [0.3, 0.4) is 0 Å². The van der Waals surface area contributed by atoms with Crippen LogP contribution in [-0.2, 0) is 9.59 Å². The van der Waals surface area contributed by atoms with Crippen LogP contribution >= 0.6 is 11.8 Å². The highest BCUT2D eigenvalue weighted by molar-refractivity contribution is 8.03. The van der Waals surface area contributed by atoms with Crippen LogP contribution in [0.4, 0.5) is 0 Å². The van der Waals surface area contributed by atoms with Gasteiger partial charge in [0.05, 0.1) is 28.5 Å². The van der Waals surface area contributed by atoms with Crippen LogP contribution in [0.5, 0.6) is 0 Å². The second-order valence-electron chi connectivity index (χ2n) is 5.23. The van der Waals surface area contributed by atoms with Crippen LogP contribution in [0.2, 0.25) is 0 Å². The van der Waals surface area contributed by atoms with Crippen LogP contribution in [-0.4, -0.2) is 24.1 Å². The van der Waals surface area contributed by atoms with Crippen LogP contribution in [0.15, 0.2) is 10.6 Å². The van der Waals surface area contributed by atoms with Crippen molar-refractivity contribution in [3.05, 3.63) is 10.6 Å². The number of carbonyl (C=O) groups excluding carboxylic acids is 2. The fourth-order valence-corrected chi connectivity index (χ4v) is 2.99. The average Bonchev–Trinajstić information content (AvgIpc) is 2.42. The number of thioether (sulfide) groups is 1. The van der Waals surface area contributed by atoms with E-state index in [-0.39, 0.29) is 11.7 Å². The maximum Gasteiger partial charge on any atom is 0.243 e. The summed E-state index contributed by atoms with van der Waals surface area (Å²) in [5, 5.41) is 24.1. The molecule has 2 N–H and O–H groups in total. The third-order valence-corrected chi connectivity index (χ3v) is 4.25. The van der Waals surface area contributed by atoms with Gasteiger partial charge in [0, 0.05) is 12.0 Å². The van der Waals surface area contributed by atoms with E-state index >= 15 is 0 Å². The van der Waals surface area contributed by atoms with Gasteiger partial charge in [0.15, 0.2) is 0 Å². The van der Waals surface area contributed by atoms with Gasteiger partial charge in [-0.2, -0.15) is 10.5 Å². The molecule has 0 fully saturated rings. The minimum atomic E-state index is -0.912. The molecule has 1 atom stereocenters. The lowest BCUT2D eigenvalue weighted by molar-refractivity contribution is -0.125. The first-order chi connectivity index (χ1) is 9.88. The molecule has 0 radical (unpaired) electrons. The maximum atomic E-state index is 11.9. The van der Waals surface area contributed by atoms with Gasteiger partial charge < -0.3 is 10.6 Å². The van der Waals surface area contributed by atoms with Gasteiger partial charge in [-0.25, -0.2) is 0 Å². The molecule has 2 amide bonds. The maximum absolute atomic E-state index is 11.9. The number of allylic oxidation sites excluding steroid dienone is 1. The highest BCUT2D eigenvalue weighted by Gasteiger charge is 2.44. The summed E-state index contributed by atoms with van der Waals surface area (Å²) in [4.78, 5) is 23.5. The lowest BCUT2D eigenvalue weighted by Crippen LogP contribution is -2.44. The van der Waals surface area contributed by atoms with E-state index in [1.54, 1.807) is 13.8 Å². The quantitative estimate of drug-likeness (QED) is 0.795. The molecule has 6 nitrogen and oxygen atoms in total. The SMILES string of the molecule is CCCNC(=O)CSC1=C(C#N)C(C)(C)[C@@H](C#N)C(=O)N1. The minimum absolute atomic E-state index is 0.119. The molecule has 0 unspecified atom stereocenters. The Labute approximate surface area is 128 Å². The van der Waals surface area contributed by atoms with Crippen molar-refractivity contribution < 1.29 is 9.59 Å².